The van der Waals surface area contributed by atoms with Crippen molar-refractivity contribution in [1.29, 1.82) is 0 Å². The van der Waals surface area contributed by atoms with E-state index in [0.717, 1.165) is 11.2 Å². The van der Waals surface area contributed by atoms with E-state index in [1.165, 1.54) is 240 Å². The lowest BCUT2D eigenvalue weighted by atomic mass is 9.55. The average Bonchev–Trinajstić information content (AvgIpc) is 3.80. The summed E-state index contributed by atoms with van der Waals surface area (Å²) in [5, 5.41) is 13.7. The molecule has 1 heterocycles. The van der Waals surface area contributed by atoms with Crippen LogP contribution in [0.1, 0.15) is 0 Å². The van der Waals surface area contributed by atoms with Gasteiger partial charge in [-0.05, 0) is 81.9 Å². The smallest absolute Gasteiger partial charge is 0.145 e. The Kier molecular flexibility index (Phi) is 13.0. The van der Waals surface area contributed by atoms with E-state index in [0.29, 0.717) is 0 Å². The van der Waals surface area contributed by atoms with Crippen LogP contribution in [0.3, 0.4) is 0 Å². The molecule has 330 valence electrons. The predicted molar refractivity (Wildman–Crippen MR) is 429 cm³/mol. The lowest BCUT2D eigenvalue weighted by molar-refractivity contribution is 0.675. The molecule has 0 bridgehead atoms. The van der Waals surface area contributed by atoms with Gasteiger partial charge in [-0.1, -0.05) is 87.4 Å². The van der Waals surface area contributed by atoms with Crippen molar-refractivity contribution in [2.24, 2.45) is 0 Å². The predicted octanol–water partition coefficient (Wildman–Crippen LogP) is -35.6. The van der Waals surface area contributed by atoms with Gasteiger partial charge >= 0.3 is 0 Å². The summed E-state index contributed by atoms with van der Waals surface area (Å²) in [5.74, 6) is 0. The first kappa shape index (κ1) is 54.0. The first-order chi connectivity index (χ1) is 35.0. The number of rotatable bonds is 3. The van der Waals surface area contributed by atoms with Crippen LogP contribution in [0.5, 0.6) is 0 Å². The zero-order valence-electron chi connectivity index (χ0n) is 51.4. The highest BCUT2D eigenvalue weighted by atomic mass is 16.3. The Morgan fingerprint density at radius 3 is 0.720 bits per heavy atom. The summed E-state index contributed by atoms with van der Waals surface area (Å²) in [5.41, 5.74) is 48.6. The van der Waals surface area contributed by atoms with Gasteiger partial charge < -0.3 is 4.42 Å². The van der Waals surface area contributed by atoms with Crippen molar-refractivity contribution >= 4 is 438 Å². The molecule has 0 unspecified atom stereocenters. The Labute approximate surface area is 472 Å². The highest BCUT2D eigenvalue weighted by Crippen LogP contribution is 2.42. The topological polar surface area (TPSA) is 13.1 Å². The maximum Gasteiger partial charge on any atom is 0.145 e. The molecule has 0 fully saturated rings. The molecule has 0 N–H and O–H groups in total. The minimum atomic E-state index is 1.03. The quantitative estimate of drug-likeness (QED) is 0.127. The van der Waals surface area contributed by atoms with Gasteiger partial charge in [-0.15, -0.1) is 60.1 Å². The summed E-state index contributed by atoms with van der Waals surface area (Å²) in [6, 6.07) is 0. The van der Waals surface area contributed by atoms with Crippen LogP contribution in [-0.4, -0.2) is 220 Å². The summed E-state index contributed by atoms with van der Waals surface area (Å²) in [6.45, 7) is 0. The van der Waals surface area contributed by atoms with E-state index in [4.69, 9.17) is 4.42 Å². The lowest BCUT2D eigenvalue weighted by Gasteiger charge is -2.33. The largest absolute Gasteiger partial charge is 0.457 e. The van der Waals surface area contributed by atoms with Crippen molar-refractivity contribution in [2.45, 2.75) is 0 Å². The van der Waals surface area contributed by atoms with Crippen LogP contribution < -0.4 is 153 Å². The summed E-state index contributed by atoms with van der Waals surface area (Å²) >= 11 is 0. The van der Waals surface area contributed by atoms with Crippen molar-refractivity contribution in [1.82, 2.24) is 0 Å². The average molecular weight is 928 g/mol. The standard InChI is InChI=1S/C46H56B28O/c47-17-3(8-10(26(56)38(68)37(67)25(8)55)18(48)11(17)13-28(58)41(71)43(73)42(72)29(13)59)1-4-6(23(53)35(65)33(63)21(4)51)2(7-5(1)22(52)34(64)36(66)24(7)54)9-19(49)16-15-20(50)12-14(30(60)40(70)39(69)27(12)57)32(62)45(15)75-46(16)44(74)31(9)61/h47-74H2. The SMILES string of the molecule is Bc1c(B)c(B)c(-c2c(B)c(-c3c4c(B)c(B)c(B)c(B)c4c(-c4c(B)c(B)c5oc6c(B)c7c(B)c(B)c(B)c(B)c7c(B)c6c5c4B)c4c(B)c(B)c(B)c(B)c34)c3c(B)c(B)c(B)c(B)c3c2B)c(B)c1B. The second-order valence-electron chi connectivity index (χ2n) is 24.3. The molecule has 29 heteroatoms. The minimum absolute atomic E-state index is 1.03. The Morgan fingerprint density at radius 2 is 0.333 bits per heavy atom. The molecular formula is C46H56B28O. The van der Waals surface area contributed by atoms with Crippen LogP contribution in [0.2, 0.25) is 0 Å². The first-order valence-electron chi connectivity index (χ1n) is 27.9. The second-order valence-corrected chi connectivity index (χ2v) is 24.3. The molecule has 0 saturated heterocycles. The Hall–Kier alpha value is -4.36. The second kappa shape index (κ2) is 18.1. The lowest BCUT2D eigenvalue weighted by Crippen LogP contribution is -2.56. The number of furan rings is 1. The fourth-order valence-electron chi connectivity index (χ4n) is 15.3. The molecule has 0 radical (unpaired) electrons. The molecule has 0 aliphatic carbocycles. The summed E-state index contributed by atoms with van der Waals surface area (Å²) in [7, 11) is 66.5. The molecule has 0 aliphatic heterocycles. The van der Waals surface area contributed by atoms with Gasteiger partial charge in [0.25, 0.3) is 0 Å². The van der Waals surface area contributed by atoms with E-state index in [1.807, 2.05) is 0 Å². The highest BCUT2D eigenvalue weighted by molar-refractivity contribution is 6.78. The third-order valence-electron chi connectivity index (χ3n) is 21.7. The van der Waals surface area contributed by atoms with Crippen molar-refractivity contribution in [2.75, 3.05) is 0 Å². The van der Waals surface area contributed by atoms with Gasteiger partial charge in [0.2, 0.25) is 0 Å². The molecule has 10 rings (SSSR count). The van der Waals surface area contributed by atoms with Crippen LogP contribution in [0.4, 0.5) is 0 Å². The van der Waals surface area contributed by atoms with Gasteiger partial charge in [-0.2, -0.15) is 0 Å². The van der Waals surface area contributed by atoms with Crippen LogP contribution in [-0.2, 0) is 0 Å². The Balaban J connectivity index is 1.55. The molecule has 75 heavy (non-hydrogen) atoms. The van der Waals surface area contributed by atoms with Gasteiger partial charge in [0, 0.05) is 10.8 Å². The fraction of sp³-hybridized carbons (Fsp3) is 0. The van der Waals surface area contributed by atoms with E-state index in [9.17, 15) is 0 Å². The van der Waals surface area contributed by atoms with Crippen molar-refractivity contribution in [3.8, 4) is 33.4 Å². The molecule has 10 aromatic rings. The van der Waals surface area contributed by atoms with Crippen molar-refractivity contribution in [3.05, 3.63) is 0 Å². The van der Waals surface area contributed by atoms with Crippen molar-refractivity contribution in [3.63, 3.8) is 0 Å². The summed E-state index contributed by atoms with van der Waals surface area (Å²) in [4.78, 5) is 0. The maximum absolute atomic E-state index is 7.32. The van der Waals surface area contributed by atoms with Crippen LogP contribution in [0, 0.1) is 0 Å². The Morgan fingerprint density at radius 1 is 0.120 bits per heavy atom. The molecule has 0 saturated carbocycles. The zero-order chi connectivity index (χ0) is 55.3. The van der Waals surface area contributed by atoms with Crippen LogP contribution in [0.25, 0.3) is 98.4 Å². The van der Waals surface area contributed by atoms with E-state index < -0.39 is 0 Å². The van der Waals surface area contributed by atoms with Crippen LogP contribution in [0.15, 0.2) is 4.42 Å². The minimum Gasteiger partial charge on any atom is -0.457 e. The molecule has 0 amide bonds. The molecular weight excluding hydrogens is 871 g/mol. The Bertz CT molecular complexity index is 4330. The van der Waals surface area contributed by atoms with E-state index in [-0.39, 0.29) is 0 Å². The number of benzene rings is 9. The van der Waals surface area contributed by atoms with E-state index >= 15 is 0 Å². The molecule has 1 aromatic heterocycles. The van der Waals surface area contributed by atoms with Gasteiger partial charge in [-0.3, -0.25) is 0 Å². The third-order valence-corrected chi connectivity index (χ3v) is 21.7. The van der Waals surface area contributed by atoms with E-state index in [1.54, 1.807) is 0 Å². The van der Waals surface area contributed by atoms with Gasteiger partial charge in [0.05, 0.1) is 0 Å². The van der Waals surface area contributed by atoms with Crippen LogP contribution >= 0.6 is 0 Å². The summed E-state index contributed by atoms with van der Waals surface area (Å²) < 4.78 is 7.32. The monoisotopic (exact) mass is 933 g/mol. The molecule has 1 nitrogen and oxygen atoms in total. The van der Waals surface area contributed by atoms with Gasteiger partial charge in [-0.25, -0.2) is 0 Å². The van der Waals surface area contributed by atoms with Gasteiger partial charge in [0.15, 0.2) is 0 Å². The first-order valence-corrected chi connectivity index (χ1v) is 27.9. The van der Waals surface area contributed by atoms with Crippen molar-refractivity contribution < 1.29 is 4.42 Å². The number of hydrogen-bond acceptors (Lipinski definition) is 1. The number of hydrogen-bond donors (Lipinski definition) is 0. The van der Waals surface area contributed by atoms with Gasteiger partial charge in [0.1, 0.15) is 231 Å². The maximum atomic E-state index is 7.32. The highest BCUT2D eigenvalue weighted by Gasteiger charge is 2.33. The molecule has 0 spiro atoms. The molecule has 9 aromatic carbocycles. The molecule has 0 aliphatic rings. The normalized spacial score (nSPS) is 11.9. The zero-order valence-corrected chi connectivity index (χ0v) is 51.4. The van der Waals surface area contributed by atoms with E-state index in [2.05, 4.69) is 220 Å². The fourth-order valence-corrected chi connectivity index (χ4v) is 15.3. The summed E-state index contributed by atoms with van der Waals surface area (Å²) in [6.07, 6.45) is 0. The molecule has 0 atom stereocenters. The third kappa shape index (κ3) is 6.85. The number of fused-ring (bicyclic) bond motifs is 7.